The summed E-state index contributed by atoms with van der Waals surface area (Å²) >= 11 is 0. The van der Waals surface area contributed by atoms with E-state index in [1.54, 1.807) is 0 Å². The molecule has 0 aliphatic carbocycles. The Hall–Kier alpha value is -2.39. The summed E-state index contributed by atoms with van der Waals surface area (Å²) in [6.45, 7) is 2.09. The molecule has 0 saturated carbocycles. The Kier molecular flexibility index (Phi) is 4.43. The van der Waals surface area contributed by atoms with Crippen LogP contribution in [0.4, 0.5) is 0 Å². The van der Waals surface area contributed by atoms with Crippen LogP contribution in [-0.4, -0.2) is 19.2 Å². The summed E-state index contributed by atoms with van der Waals surface area (Å²) in [5.74, 6) is 1.03. The van der Waals surface area contributed by atoms with E-state index >= 15 is 0 Å². The predicted molar refractivity (Wildman–Crippen MR) is 96.3 cm³/mol. The van der Waals surface area contributed by atoms with Crippen LogP contribution in [0.5, 0.6) is 5.75 Å². The van der Waals surface area contributed by atoms with Gasteiger partial charge in [0.1, 0.15) is 11.9 Å². The highest BCUT2D eigenvalue weighted by Gasteiger charge is 2.18. The van der Waals surface area contributed by atoms with Crippen molar-refractivity contribution in [2.45, 2.75) is 25.4 Å². The van der Waals surface area contributed by atoms with Crippen LogP contribution in [0.15, 0.2) is 60.9 Å². The molecule has 0 radical (unpaired) electrons. The molecule has 2 heterocycles. The molecule has 3 heteroatoms. The zero-order valence-corrected chi connectivity index (χ0v) is 13.8. The second kappa shape index (κ2) is 7.02. The Balaban J connectivity index is 1.72. The first-order chi connectivity index (χ1) is 11.9. The van der Waals surface area contributed by atoms with Gasteiger partial charge in [-0.2, -0.15) is 0 Å². The number of aromatic nitrogens is 1. The minimum Gasteiger partial charge on any atom is -0.490 e. The molecular weight excluding hydrogens is 296 g/mol. The molecule has 1 saturated heterocycles. The summed E-state index contributed by atoms with van der Waals surface area (Å²) in [5, 5.41) is 5.89. The van der Waals surface area contributed by atoms with Crippen molar-refractivity contribution >= 4 is 10.8 Å². The molecule has 1 aliphatic heterocycles. The summed E-state index contributed by atoms with van der Waals surface area (Å²) in [6.07, 6.45) is 7.40. The van der Waals surface area contributed by atoms with Crippen molar-refractivity contribution in [1.82, 2.24) is 5.32 Å². The Morgan fingerprint density at radius 3 is 2.67 bits per heavy atom. The monoisotopic (exact) mass is 319 g/mol. The molecule has 1 fully saturated rings. The molecule has 0 spiro atoms. The molecule has 3 nitrogen and oxygen atoms in total. The van der Waals surface area contributed by atoms with Gasteiger partial charge < -0.3 is 10.1 Å². The molecule has 2 aromatic carbocycles. The van der Waals surface area contributed by atoms with Gasteiger partial charge in [0.15, 0.2) is 12.4 Å². The van der Waals surface area contributed by atoms with Crippen LogP contribution in [0, 0.1) is 0 Å². The van der Waals surface area contributed by atoms with E-state index in [4.69, 9.17) is 4.74 Å². The van der Waals surface area contributed by atoms with E-state index < -0.39 is 0 Å². The largest absolute Gasteiger partial charge is 0.490 e. The minimum atomic E-state index is 0.313. The van der Waals surface area contributed by atoms with E-state index in [2.05, 4.69) is 65.0 Å². The van der Waals surface area contributed by atoms with Crippen LogP contribution >= 0.6 is 0 Å². The summed E-state index contributed by atoms with van der Waals surface area (Å²) in [7, 11) is 0. The fourth-order valence-electron chi connectivity index (χ4n) is 3.44. The van der Waals surface area contributed by atoms with Gasteiger partial charge in [0.05, 0.1) is 0 Å². The van der Waals surface area contributed by atoms with Gasteiger partial charge in [0.25, 0.3) is 0 Å². The van der Waals surface area contributed by atoms with Gasteiger partial charge in [0, 0.05) is 28.8 Å². The standard InChI is InChI=1S/C21H22N2O/c1-2-4-16(5-3-1)14-20-19-10-13-23-15-17(19)6-7-21(20)24-18-8-11-22-12-9-18/h1-7,10,13,15,18,22H,8-9,11-12,14H2/p+1. The number of benzene rings is 2. The minimum absolute atomic E-state index is 0.313. The van der Waals surface area contributed by atoms with Crippen LogP contribution in [0.3, 0.4) is 0 Å². The van der Waals surface area contributed by atoms with Crippen molar-refractivity contribution < 1.29 is 9.72 Å². The highest BCUT2D eigenvalue weighted by Crippen LogP contribution is 2.31. The van der Waals surface area contributed by atoms with E-state index in [9.17, 15) is 0 Å². The van der Waals surface area contributed by atoms with Crippen molar-refractivity contribution in [1.29, 1.82) is 0 Å². The molecule has 1 aromatic heterocycles. The summed E-state index contributed by atoms with van der Waals surface area (Å²) in [4.78, 5) is 3.18. The average Bonchev–Trinajstić information content (AvgIpc) is 2.65. The fourth-order valence-corrected chi connectivity index (χ4v) is 3.44. The first-order valence-corrected chi connectivity index (χ1v) is 8.73. The molecule has 0 bridgehead atoms. The van der Waals surface area contributed by atoms with Gasteiger partial charge >= 0.3 is 0 Å². The third kappa shape index (κ3) is 3.26. The number of pyridine rings is 1. The van der Waals surface area contributed by atoms with Gasteiger partial charge in [-0.1, -0.05) is 30.3 Å². The predicted octanol–water partition coefficient (Wildman–Crippen LogP) is 3.38. The SMILES string of the molecule is c1ccc(Cc2c(OC3CCNCC3)ccc3c[nH+]ccc23)cc1. The van der Waals surface area contributed by atoms with Crippen molar-refractivity contribution in [2.24, 2.45) is 0 Å². The Morgan fingerprint density at radius 2 is 1.83 bits per heavy atom. The highest BCUT2D eigenvalue weighted by molar-refractivity contribution is 5.86. The lowest BCUT2D eigenvalue weighted by Gasteiger charge is -2.25. The van der Waals surface area contributed by atoms with E-state index in [0.29, 0.717) is 6.10 Å². The number of piperidine rings is 1. The molecular formula is C21H23N2O+. The van der Waals surface area contributed by atoms with E-state index in [1.165, 1.54) is 21.9 Å². The molecule has 0 unspecified atom stereocenters. The number of fused-ring (bicyclic) bond motifs is 1. The lowest BCUT2D eigenvalue weighted by Crippen LogP contribution is -2.34. The summed E-state index contributed by atoms with van der Waals surface area (Å²) in [5.41, 5.74) is 2.60. The molecule has 4 rings (SSSR count). The topological polar surface area (TPSA) is 35.4 Å². The van der Waals surface area contributed by atoms with Gasteiger partial charge in [-0.05, 0) is 43.6 Å². The van der Waals surface area contributed by atoms with Crippen molar-refractivity contribution in [3.63, 3.8) is 0 Å². The van der Waals surface area contributed by atoms with Gasteiger partial charge in [0.2, 0.25) is 0 Å². The van der Waals surface area contributed by atoms with E-state index in [1.807, 2.05) is 6.20 Å². The fraction of sp³-hybridized carbons (Fsp3) is 0.286. The maximum absolute atomic E-state index is 6.42. The van der Waals surface area contributed by atoms with E-state index in [0.717, 1.165) is 38.1 Å². The third-order valence-corrected chi connectivity index (χ3v) is 4.74. The first kappa shape index (κ1) is 15.2. The third-order valence-electron chi connectivity index (χ3n) is 4.74. The highest BCUT2D eigenvalue weighted by atomic mass is 16.5. The van der Waals surface area contributed by atoms with Crippen LogP contribution < -0.4 is 15.0 Å². The quantitative estimate of drug-likeness (QED) is 0.800. The van der Waals surface area contributed by atoms with Crippen LogP contribution in [0.25, 0.3) is 10.8 Å². The van der Waals surface area contributed by atoms with Crippen LogP contribution in [-0.2, 0) is 6.42 Å². The lowest BCUT2D eigenvalue weighted by molar-refractivity contribution is -0.375. The molecule has 24 heavy (non-hydrogen) atoms. The van der Waals surface area contributed by atoms with Crippen LogP contribution in [0.2, 0.25) is 0 Å². The zero-order valence-electron chi connectivity index (χ0n) is 13.8. The Bertz CT molecular complexity index is 810. The Morgan fingerprint density at radius 1 is 1.00 bits per heavy atom. The van der Waals surface area contributed by atoms with Gasteiger partial charge in [-0.25, -0.2) is 4.98 Å². The second-order valence-electron chi connectivity index (χ2n) is 6.42. The smallest absolute Gasteiger partial charge is 0.174 e. The molecule has 122 valence electrons. The first-order valence-electron chi connectivity index (χ1n) is 8.73. The maximum Gasteiger partial charge on any atom is 0.174 e. The average molecular weight is 319 g/mol. The molecule has 0 atom stereocenters. The molecule has 3 aromatic rings. The zero-order chi connectivity index (χ0) is 16.2. The number of ether oxygens (including phenoxy) is 1. The Labute approximate surface area is 142 Å². The lowest BCUT2D eigenvalue weighted by atomic mass is 9.98. The second-order valence-corrected chi connectivity index (χ2v) is 6.42. The number of rotatable bonds is 4. The molecule has 2 N–H and O–H groups in total. The number of H-pyrrole nitrogens is 1. The summed E-state index contributed by atoms with van der Waals surface area (Å²) in [6, 6.07) is 17.1. The number of aromatic amines is 1. The summed E-state index contributed by atoms with van der Waals surface area (Å²) < 4.78 is 6.42. The maximum atomic E-state index is 6.42. The van der Waals surface area contributed by atoms with Gasteiger partial charge in [-0.3, -0.25) is 0 Å². The number of hydrogen-bond acceptors (Lipinski definition) is 2. The molecule has 1 aliphatic rings. The normalized spacial score (nSPS) is 15.5. The van der Waals surface area contributed by atoms with Gasteiger partial charge in [-0.15, -0.1) is 0 Å². The van der Waals surface area contributed by atoms with Crippen molar-refractivity contribution in [2.75, 3.05) is 13.1 Å². The van der Waals surface area contributed by atoms with Crippen molar-refractivity contribution in [3.8, 4) is 5.75 Å². The van der Waals surface area contributed by atoms with Crippen molar-refractivity contribution in [3.05, 3.63) is 72.1 Å². The van der Waals surface area contributed by atoms with E-state index in [-0.39, 0.29) is 0 Å². The number of hydrogen-bond donors (Lipinski definition) is 1. The number of nitrogens with one attached hydrogen (secondary N) is 2. The van der Waals surface area contributed by atoms with Crippen LogP contribution in [0.1, 0.15) is 24.0 Å². The molecule has 0 amide bonds.